The van der Waals surface area contributed by atoms with E-state index >= 15 is 0 Å². The van der Waals surface area contributed by atoms with Crippen LogP contribution in [0.4, 0.5) is 0 Å². The Balaban J connectivity index is 1.72. The highest BCUT2D eigenvalue weighted by Crippen LogP contribution is 2.33. The average molecular weight is 356 g/mol. The Morgan fingerprint density at radius 3 is 2.69 bits per heavy atom. The molecule has 3 rings (SSSR count). The van der Waals surface area contributed by atoms with Gasteiger partial charge in [-0.15, -0.1) is 0 Å². The summed E-state index contributed by atoms with van der Waals surface area (Å²) in [5.74, 6) is 2.25. The summed E-state index contributed by atoms with van der Waals surface area (Å²) in [4.78, 5) is 16.8. The summed E-state index contributed by atoms with van der Waals surface area (Å²) in [5.41, 5.74) is 1.48. The van der Waals surface area contributed by atoms with Crippen LogP contribution in [0.3, 0.4) is 0 Å². The summed E-state index contributed by atoms with van der Waals surface area (Å²) < 4.78 is 14.7. The number of rotatable bonds is 7. The smallest absolute Gasteiger partial charge is 0.267 e. The predicted octanol–water partition coefficient (Wildman–Crippen LogP) is 2.52. The van der Waals surface area contributed by atoms with E-state index in [2.05, 4.69) is 14.9 Å². The van der Waals surface area contributed by atoms with Crippen LogP contribution in [0.25, 0.3) is 10.9 Å². The van der Waals surface area contributed by atoms with E-state index in [4.69, 9.17) is 9.47 Å². The highest BCUT2D eigenvalue weighted by atomic mass is 16.5. The molecule has 1 aromatic carbocycles. The molecule has 7 nitrogen and oxygen atoms in total. The largest absolute Gasteiger partial charge is 0.497 e. The maximum absolute atomic E-state index is 12.6. The molecule has 1 N–H and O–H groups in total. The first-order chi connectivity index (χ1) is 12.5. The standard InChI is InChI=1S/C19H24N4O3/c1-13-20-7-9-23(13)8-5-6-21-19(24)17-12-15-16(22(17)2)10-14(25-3)11-18(15)26-4/h7,9-12H,5-6,8H2,1-4H3,(H,21,24). The first-order valence-corrected chi connectivity index (χ1v) is 8.52. The van der Waals surface area contributed by atoms with Crippen LogP contribution in [0.15, 0.2) is 30.6 Å². The predicted molar refractivity (Wildman–Crippen MR) is 99.9 cm³/mol. The van der Waals surface area contributed by atoms with Crippen LogP contribution in [-0.2, 0) is 13.6 Å². The molecule has 0 saturated carbocycles. The van der Waals surface area contributed by atoms with Gasteiger partial charge in [-0.2, -0.15) is 0 Å². The van der Waals surface area contributed by atoms with E-state index in [0.717, 1.165) is 29.7 Å². The lowest BCUT2D eigenvalue weighted by Gasteiger charge is -2.08. The molecule has 0 aliphatic rings. The number of amides is 1. The maximum atomic E-state index is 12.6. The number of nitrogens with zero attached hydrogens (tertiary/aromatic N) is 3. The Morgan fingerprint density at radius 2 is 2.04 bits per heavy atom. The molecule has 3 aromatic rings. The summed E-state index contributed by atoms with van der Waals surface area (Å²) in [6.07, 6.45) is 4.57. The SMILES string of the molecule is COc1cc(OC)c2cc(C(=O)NCCCn3ccnc3C)n(C)c2c1. The van der Waals surface area contributed by atoms with Crippen molar-refractivity contribution >= 4 is 16.8 Å². The van der Waals surface area contributed by atoms with Crippen molar-refractivity contribution < 1.29 is 14.3 Å². The van der Waals surface area contributed by atoms with Crippen molar-refractivity contribution in [1.82, 2.24) is 19.4 Å². The third kappa shape index (κ3) is 3.37. The van der Waals surface area contributed by atoms with Gasteiger partial charge in [0.15, 0.2) is 0 Å². The third-order valence-corrected chi connectivity index (χ3v) is 4.57. The number of aromatic nitrogens is 3. The molecule has 138 valence electrons. The summed E-state index contributed by atoms with van der Waals surface area (Å²) in [7, 11) is 5.09. The van der Waals surface area contributed by atoms with E-state index in [-0.39, 0.29) is 5.91 Å². The van der Waals surface area contributed by atoms with Crippen molar-refractivity contribution in [3.05, 3.63) is 42.1 Å². The number of aryl methyl sites for hydroxylation is 3. The van der Waals surface area contributed by atoms with Gasteiger partial charge >= 0.3 is 0 Å². The average Bonchev–Trinajstić information content (AvgIpc) is 3.21. The van der Waals surface area contributed by atoms with E-state index in [1.807, 2.05) is 42.9 Å². The highest BCUT2D eigenvalue weighted by molar-refractivity contribution is 6.00. The van der Waals surface area contributed by atoms with E-state index in [0.29, 0.717) is 23.7 Å². The number of hydrogen-bond donors (Lipinski definition) is 1. The van der Waals surface area contributed by atoms with Crippen LogP contribution in [0.5, 0.6) is 11.5 Å². The van der Waals surface area contributed by atoms with Crippen molar-refractivity contribution in [2.24, 2.45) is 7.05 Å². The Hall–Kier alpha value is -2.96. The Kier molecular flexibility index (Phi) is 5.16. The van der Waals surface area contributed by atoms with E-state index in [1.165, 1.54) is 0 Å². The second kappa shape index (κ2) is 7.51. The zero-order valence-corrected chi connectivity index (χ0v) is 15.6. The number of benzene rings is 1. The summed E-state index contributed by atoms with van der Waals surface area (Å²) >= 11 is 0. The van der Waals surface area contributed by atoms with Gasteiger partial charge < -0.3 is 23.9 Å². The van der Waals surface area contributed by atoms with Gasteiger partial charge in [-0.05, 0) is 19.4 Å². The van der Waals surface area contributed by atoms with Gasteiger partial charge in [-0.25, -0.2) is 4.98 Å². The van der Waals surface area contributed by atoms with E-state index in [9.17, 15) is 4.79 Å². The van der Waals surface area contributed by atoms with Crippen molar-refractivity contribution in [2.45, 2.75) is 19.9 Å². The van der Waals surface area contributed by atoms with Crippen LogP contribution in [-0.4, -0.2) is 40.8 Å². The molecule has 0 atom stereocenters. The summed E-state index contributed by atoms with van der Waals surface area (Å²) in [6, 6.07) is 5.57. The van der Waals surface area contributed by atoms with Gasteiger partial charge in [0.2, 0.25) is 0 Å². The fourth-order valence-electron chi connectivity index (χ4n) is 3.06. The Labute approximate surface area is 152 Å². The molecule has 0 fully saturated rings. The van der Waals surface area contributed by atoms with Gasteiger partial charge in [0.1, 0.15) is 23.0 Å². The molecule has 0 bridgehead atoms. The maximum Gasteiger partial charge on any atom is 0.267 e. The van der Waals surface area contributed by atoms with Gasteiger partial charge in [0.25, 0.3) is 5.91 Å². The van der Waals surface area contributed by atoms with Crippen LogP contribution in [0, 0.1) is 6.92 Å². The third-order valence-electron chi connectivity index (χ3n) is 4.57. The van der Waals surface area contributed by atoms with Crippen molar-refractivity contribution in [3.63, 3.8) is 0 Å². The quantitative estimate of drug-likeness (QED) is 0.661. The van der Waals surface area contributed by atoms with Crippen LogP contribution >= 0.6 is 0 Å². The fourth-order valence-corrected chi connectivity index (χ4v) is 3.06. The second-order valence-electron chi connectivity index (χ2n) is 6.13. The molecule has 26 heavy (non-hydrogen) atoms. The number of carbonyl (C=O) groups excluding carboxylic acids is 1. The topological polar surface area (TPSA) is 70.3 Å². The van der Waals surface area contributed by atoms with Gasteiger partial charge in [-0.1, -0.05) is 0 Å². The van der Waals surface area contributed by atoms with Gasteiger partial charge in [0, 0.05) is 50.0 Å². The number of carbonyl (C=O) groups is 1. The molecule has 0 radical (unpaired) electrons. The summed E-state index contributed by atoms with van der Waals surface area (Å²) in [5, 5.41) is 3.87. The van der Waals surface area contributed by atoms with E-state index in [1.54, 1.807) is 20.4 Å². The Morgan fingerprint density at radius 1 is 1.23 bits per heavy atom. The molecule has 0 unspecified atom stereocenters. The molecular formula is C19H24N4O3. The molecule has 0 aliphatic heterocycles. The fraction of sp³-hybridized carbons (Fsp3) is 0.368. The van der Waals surface area contributed by atoms with Crippen molar-refractivity contribution in [1.29, 1.82) is 0 Å². The van der Waals surface area contributed by atoms with E-state index < -0.39 is 0 Å². The van der Waals surface area contributed by atoms with Crippen LogP contribution < -0.4 is 14.8 Å². The molecule has 1 amide bonds. The first-order valence-electron chi connectivity index (χ1n) is 8.52. The van der Waals surface area contributed by atoms with Gasteiger partial charge in [-0.3, -0.25) is 4.79 Å². The number of imidazole rings is 1. The molecule has 0 spiro atoms. The van der Waals surface area contributed by atoms with Gasteiger partial charge in [0.05, 0.1) is 19.7 Å². The zero-order valence-electron chi connectivity index (χ0n) is 15.6. The van der Waals surface area contributed by atoms with Crippen LogP contribution in [0.1, 0.15) is 22.7 Å². The number of fused-ring (bicyclic) bond motifs is 1. The van der Waals surface area contributed by atoms with Crippen molar-refractivity contribution in [3.8, 4) is 11.5 Å². The molecule has 0 aliphatic carbocycles. The molecule has 2 heterocycles. The van der Waals surface area contributed by atoms with Crippen molar-refractivity contribution in [2.75, 3.05) is 20.8 Å². The molecule has 7 heteroatoms. The second-order valence-corrected chi connectivity index (χ2v) is 6.13. The lowest BCUT2D eigenvalue weighted by molar-refractivity contribution is 0.0945. The number of hydrogen-bond acceptors (Lipinski definition) is 4. The number of methoxy groups -OCH3 is 2. The normalized spacial score (nSPS) is 10.9. The highest BCUT2D eigenvalue weighted by Gasteiger charge is 2.16. The number of ether oxygens (including phenoxy) is 2. The lowest BCUT2D eigenvalue weighted by atomic mass is 10.2. The minimum absolute atomic E-state index is 0.105. The van der Waals surface area contributed by atoms with Crippen LogP contribution in [0.2, 0.25) is 0 Å². The minimum atomic E-state index is -0.105. The number of nitrogens with one attached hydrogen (secondary N) is 1. The lowest BCUT2D eigenvalue weighted by Crippen LogP contribution is -2.27. The molecule has 0 saturated heterocycles. The first kappa shape index (κ1) is 17.8. The molecule has 2 aromatic heterocycles. The monoisotopic (exact) mass is 356 g/mol. The molecular weight excluding hydrogens is 332 g/mol. The zero-order chi connectivity index (χ0) is 18.7. The Bertz CT molecular complexity index is 926. The summed E-state index contributed by atoms with van der Waals surface area (Å²) in [6.45, 7) is 3.39. The minimum Gasteiger partial charge on any atom is -0.497 e.